The van der Waals surface area contributed by atoms with Crippen molar-refractivity contribution in [3.8, 4) is 0 Å². The third-order valence-electron chi connectivity index (χ3n) is 4.89. The topological polar surface area (TPSA) is 75.4 Å². The number of piperidine rings is 1. The molecule has 0 spiro atoms. The van der Waals surface area contributed by atoms with Gasteiger partial charge in [-0.3, -0.25) is 14.5 Å². The fourth-order valence-electron chi connectivity index (χ4n) is 3.87. The first-order chi connectivity index (χ1) is 10.6. The van der Waals surface area contributed by atoms with Crippen LogP contribution in [0.1, 0.15) is 48.9 Å². The minimum Gasteiger partial charge on any atom is -0.366 e. The first-order valence-corrected chi connectivity index (χ1v) is 8.94. The number of carbonyl (C=O) groups excluding carboxylic acids is 2. The summed E-state index contributed by atoms with van der Waals surface area (Å²) in [6.45, 7) is 1.42. The minimum atomic E-state index is -0.498. The molecule has 5 nitrogen and oxygen atoms in total. The molecule has 1 aromatic rings. The monoisotopic (exact) mass is 321 g/mol. The second kappa shape index (κ2) is 6.79. The summed E-state index contributed by atoms with van der Waals surface area (Å²) in [7, 11) is 0. The molecular weight excluding hydrogens is 298 g/mol. The van der Waals surface area contributed by atoms with Crippen molar-refractivity contribution >= 4 is 28.2 Å². The lowest BCUT2D eigenvalue weighted by Gasteiger charge is -2.43. The number of hydrogen-bond donors (Lipinski definition) is 2. The zero-order chi connectivity index (χ0) is 15.5. The van der Waals surface area contributed by atoms with Crippen molar-refractivity contribution in [1.29, 1.82) is 0 Å². The van der Waals surface area contributed by atoms with Gasteiger partial charge in [-0.2, -0.15) is 0 Å². The fraction of sp³-hybridized carbons (Fsp3) is 0.625. The molecular formula is C16H23N3O2S. The SMILES string of the molecule is NC(=O)c1ccsc1NC(=O)CN1CCCC2CCCCC21. The maximum absolute atomic E-state index is 12.3. The molecule has 1 aromatic heterocycles. The first-order valence-electron chi connectivity index (χ1n) is 8.06. The lowest BCUT2D eigenvalue weighted by molar-refractivity contribution is -0.118. The molecule has 0 radical (unpaired) electrons. The Labute approximate surface area is 134 Å². The van der Waals surface area contributed by atoms with E-state index in [1.54, 1.807) is 11.4 Å². The Bertz CT molecular complexity index is 555. The number of anilines is 1. The van der Waals surface area contributed by atoms with E-state index in [1.165, 1.54) is 49.9 Å². The molecule has 120 valence electrons. The van der Waals surface area contributed by atoms with E-state index in [1.807, 2.05) is 0 Å². The van der Waals surface area contributed by atoms with Gasteiger partial charge in [-0.05, 0) is 49.6 Å². The van der Waals surface area contributed by atoms with Gasteiger partial charge >= 0.3 is 0 Å². The number of amides is 2. The number of likely N-dealkylation sites (tertiary alicyclic amines) is 1. The summed E-state index contributed by atoms with van der Waals surface area (Å²) in [6.07, 6.45) is 7.61. The number of rotatable bonds is 4. The first kappa shape index (κ1) is 15.5. The lowest BCUT2D eigenvalue weighted by Crippen LogP contribution is -2.49. The highest BCUT2D eigenvalue weighted by molar-refractivity contribution is 7.14. The van der Waals surface area contributed by atoms with Crippen molar-refractivity contribution in [1.82, 2.24) is 4.90 Å². The van der Waals surface area contributed by atoms with Crippen LogP contribution in [-0.4, -0.2) is 35.8 Å². The molecule has 3 rings (SSSR count). The Hall–Kier alpha value is -1.40. The second-order valence-electron chi connectivity index (χ2n) is 6.30. The molecule has 1 saturated carbocycles. The van der Waals surface area contributed by atoms with Crippen molar-refractivity contribution in [2.75, 3.05) is 18.4 Å². The number of nitrogens with zero attached hydrogens (tertiary/aromatic N) is 1. The molecule has 2 atom stereocenters. The number of primary amides is 1. The summed E-state index contributed by atoms with van der Waals surface area (Å²) < 4.78 is 0. The van der Waals surface area contributed by atoms with Crippen molar-refractivity contribution < 1.29 is 9.59 Å². The van der Waals surface area contributed by atoms with Crippen LogP contribution in [0.2, 0.25) is 0 Å². The van der Waals surface area contributed by atoms with Gasteiger partial charge in [0.15, 0.2) is 0 Å². The van der Waals surface area contributed by atoms with Crippen LogP contribution in [0.4, 0.5) is 5.00 Å². The van der Waals surface area contributed by atoms with E-state index < -0.39 is 5.91 Å². The van der Waals surface area contributed by atoms with Gasteiger partial charge in [0.1, 0.15) is 5.00 Å². The molecule has 1 aliphatic carbocycles. The maximum atomic E-state index is 12.3. The molecule has 2 heterocycles. The van der Waals surface area contributed by atoms with Crippen LogP contribution in [0.15, 0.2) is 11.4 Å². The Kier molecular flexibility index (Phi) is 4.78. The molecule has 3 N–H and O–H groups in total. The van der Waals surface area contributed by atoms with Crippen LogP contribution in [0, 0.1) is 5.92 Å². The summed E-state index contributed by atoms with van der Waals surface area (Å²) in [6, 6.07) is 2.22. The number of hydrogen-bond acceptors (Lipinski definition) is 4. The van der Waals surface area contributed by atoms with Crippen molar-refractivity contribution in [3.63, 3.8) is 0 Å². The van der Waals surface area contributed by atoms with Crippen LogP contribution >= 0.6 is 11.3 Å². The second-order valence-corrected chi connectivity index (χ2v) is 7.22. The standard InChI is InChI=1S/C16H23N3O2S/c17-15(21)12-7-9-22-16(12)18-14(20)10-19-8-3-5-11-4-1-2-6-13(11)19/h7,9,11,13H,1-6,8,10H2,(H2,17,21)(H,18,20). The van der Waals surface area contributed by atoms with E-state index in [0.717, 1.165) is 12.5 Å². The highest BCUT2D eigenvalue weighted by Gasteiger charge is 2.33. The highest BCUT2D eigenvalue weighted by Crippen LogP contribution is 2.35. The predicted octanol–water partition coefficient (Wildman–Crippen LogP) is 2.44. The summed E-state index contributed by atoms with van der Waals surface area (Å²) in [5, 5.41) is 5.19. The van der Waals surface area contributed by atoms with E-state index >= 15 is 0 Å². The van der Waals surface area contributed by atoms with Gasteiger partial charge in [0.2, 0.25) is 5.91 Å². The van der Waals surface area contributed by atoms with Crippen molar-refractivity contribution in [2.45, 2.75) is 44.6 Å². The predicted molar refractivity (Wildman–Crippen MR) is 88.0 cm³/mol. The largest absolute Gasteiger partial charge is 0.366 e. The number of nitrogens with one attached hydrogen (secondary N) is 1. The van der Waals surface area contributed by atoms with Crippen molar-refractivity contribution in [3.05, 3.63) is 17.0 Å². The smallest absolute Gasteiger partial charge is 0.251 e. The van der Waals surface area contributed by atoms with Gasteiger partial charge in [-0.25, -0.2) is 0 Å². The zero-order valence-corrected chi connectivity index (χ0v) is 13.5. The molecule has 2 amide bonds. The summed E-state index contributed by atoms with van der Waals surface area (Å²) in [5.41, 5.74) is 5.71. The van der Waals surface area contributed by atoms with Crippen LogP contribution in [0.25, 0.3) is 0 Å². The normalized spacial score (nSPS) is 25.5. The molecule has 2 aliphatic rings. The average molecular weight is 321 g/mol. The summed E-state index contributed by atoms with van der Waals surface area (Å²) in [4.78, 5) is 26.0. The van der Waals surface area contributed by atoms with E-state index in [2.05, 4.69) is 10.2 Å². The van der Waals surface area contributed by atoms with Crippen LogP contribution in [0.5, 0.6) is 0 Å². The lowest BCUT2D eigenvalue weighted by atomic mass is 9.78. The van der Waals surface area contributed by atoms with Gasteiger partial charge in [0.05, 0.1) is 12.1 Å². The quantitative estimate of drug-likeness (QED) is 0.894. The molecule has 22 heavy (non-hydrogen) atoms. The van der Waals surface area contributed by atoms with Gasteiger partial charge in [0, 0.05) is 6.04 Å². The van der Waals surface area contributed by atoms with Crippen LogP contribution in [0.3, 0.4) is 0 Å². The van der Waals surface area contributed by atoms with E-state index in [4.69, 9.17) is 5.73 Å². The Morgan fingerprint density at radius 3 is 2.86 bits per heavy atom. The van der Waals surface area contributed by atoms with Gasteiger partial charge in [-0.1, -0.05) is 12.8 Å². The summed E-state index contributed by atoms with van der Waals surface area (Å²) >= 11 is 1.34. The average Bonchev–Trinajstić information content (AvgIpc) is 2.96. The van der Waals surface area contributed by atoms with Gasteiger partial charge in [-0.15, -0.1) is 11.3 Å². The number of thiophene rings is 1. The molecule has 6 heteroatoms. The third-order valence-corrected chi connectivity index (χ3v) is 5.72. The molecule has 1 aliphatic heterocycles. The molecule has 1 saturated heterocycles. The van der Waals surface area contributed by atoms with Crippen LogP contribution in [-0.2, 0) is 4.79 Å². The van der Waals surface area contributed by atoms with E-state index in [-0.39, 0.29) is 5.91 Å². The fourth-order valence-corrected chi connectivity index (χ4v) is 4.68. The minimum absolute atomic E-state index is 0.0452. The Balaban J connectivity index is 1.61. The maximum Gasteiger partial charge on any atom is 0.251 e. The molecule has 0 aromatic carbocycles. The Morgan fingerprint density at radius 2 is 2.05 bits per heavy atom. The van der Waals surface area contributed by atoms with E-state index in [0.29, 0.717) is 23.2 Å². The van der Waals surface area contributed by atoms with Gasteiger partial charge in [0.25, 0.3) is 5.91 Å². The van der Waals surface area contributed by atoms with Crippen LogP contribution < -0.4 is 11.1 Å². The van der Waals surface area contributed by atoms with Crippen molar-refractivity contribution in [2.24, 2.45) is 11.7 Å². The Morgan fingerprint density at radius 1 is 1.27 bits per heavy atom. The molecule has 2 unspecified atom stereocenters. The third kappa shape index (κ3) is 3.33. The summed E-state index contributed by atoms with van der Waals surface area (Å²) in [5.74, 6) is 0.219. The number of nitrogens with two attached hydrogens (primary N) is 1. The zero-order valence-electron chi connectivity index (χ0n) is 12.7. The molecule has 2 fully saturated rings. The van der Waals surface area contributed by atoms with Gasteiger partial charge < -0.3 is 11.1 Å². The molecule has 0 bridgehead atoms. The van der Waals surface area contributed by atoms with E-state index in [9.17, 15) is 9.59 Å². The number of fused-ring (bicyclic) bond motifs is 1. The highest BCUT2D eigenvalue weighted by atomic mass is 32.1. The number of carbonyl (C=O) groups is 2.